The Balaban J connectivity index is 1.19. The van der Waals surface area contributed by atoms with Gasteiger partial charge in [-0.3, -0.25) is 4.90 Å². The Kier molecular flexibility index (Phi) is 8.83. The van der Waals surface area contributed by atoms with Crippen LogP contribution in [-0.2, 0) is 19.6 Å². The first-order chi connectivity index (χ1) is 18.4. The zero-order valence-corrected chi connectivity index (χ0v) is 22.5. The summed E-state index contributed by atoms with van der Waals surface area (Å²) < 4.78 is 52.6. The van der Waals surface area contributed by atoms with Gasteiger partial charge < -0.3 is 23.8 Å². The Bertz CT molecular complexity index is 1040. The van der Waals surface area contributed by atoms with E-state index in [1.54, 1.807) is 0 Å². The molecule has 3 saturated heterocycles. The first-order valence-electron chi connectivity index (χ1n) is 13.9. The van der Waals surface area contributed by atoms with Crippen molar-refractivity contribution < 1.29 is 27.7 Å². The zero-order valence-electron chi connectivity index (χ0n) is 22.5. The number of nitrogens with zero attached hydrogens (tertiary/aromatic N) is 2. The van der Waals surface area contributed by atoms with Crippen molar-refractivity contribution in [1.82, 2.24) is 4.90 Å². The fourth-order valence-corrected chi connectivity index (χ4v) is 5.76. The molecule has 38 heavy (non-hydrogen) atoms. The second-order valence-electron chi connectivity index (χ2n) is 11.1. The van der Waals surface area contributed by atoms with Gasteiger partial charge in [-0.05, 0) is 75.4 Å². The predicted molar refractivity (Wildman–Crippen MR) is 143 cm³/mol. The van der Waals surface area contributed by atoms with Crippen LogP contribution in [0.5, 0.6) is 5.75 Å². The molecule has 0 bridgehead atoms. The van der Waals surface area contributed by atoms with E-state index in [4.69, 9.17) is 18.9 Å². The minimum atomic E-state index is -0.728. The van der Waals surface area contributed by atoms with Crippen LogP contribution in [0.1, 0.15) is 45.1 Å². The summed E-state index contributed by atoms with van der Waals surface area (Å²) in [5.41, 5.74) is 0.888. The molecule has 0 spiro atoms. The van der Waals surface area contributed by atoms with Gasteiger partial charge in [0.1, 0.15) is 24.0 Å². The Morgan fingerprint density at radius 1 is 1.00 bits per heavy atom. The van der Waals surface area contributed by atoms with Gasteiger partial charge >= 0.3 is 0 Å². The lowest BCUT2D eigenvalue weighted by atomic mass is 9.79. The van der Waals surface area contributed by atoms with E-state index in [2.05, 4.69) is 35.8 Å². The van der Waals surface area contributed by atoms with E-state index in [0.717, 1.165) is 57.3 Å². The van der Waals surface area contributed by atoms with Gasteiger partial charge in [0.25, 0.3) is 0 Å². The second kappa shape index (κ2) is 12.3. The monoisotopic (exact) mass is 530 g/mol. The number of ether oxygens (including phenoxy) is 4. The Morgan fingerprint density at radius 3 is 2.47 bits per heavy atom. The summed E-state index contributed by atoms with van der Waals surface area (Å²) >= 11 is 0. The summed E-state index contributed by atoms with van der Waals surface area (Å²) in [4.78, 5) is 4.91. The molecule has 1 unspecified atom stereocenters. The summed E-state index contributed by atoms with van der Waals surface area (Å²) in [5, 5.41) is 0. The number of piperazine rings is 1. The molecule has 2 aromatic rings. The summed E-state index contributed by atoms with van der Waals surface area (Å²) in [6.07, 6.45) is 2.86. The third kappa shape index (κ3) is 6.47. The van der Waals surface area contributed by atoms with Crippen LogP contribution in [0.4, 0.5) is 14.5 Å². The van der Waals surface area contributed by atoms with E-state index < -0.39 is 17.0 Å². The Labute approximate surface area is 224 Å². The molecule has 0 saturated carbocycles. The highest BCUT2D eigenvalue weighted by atomic mass is 19.1. The van der Waals surface area contributed by atoms with Gasteiger partial charge in [0.2, 0.25) is 0 Å². The minimum absolute atomic E-state index is 0.237. The van der Waals surface area contributed by atoms with Gasteiger partial charge in [-0.25, -0.2) is 8.78 Å². The molecule has 0 aromatic heterocycles. The molecular formula is C30H40F2N2O4. The van der Waals surface area contributed by atoms with Crippen LogP contribution in [0.15, 0.2) is 42.5 Å². The lowest BCUT2D eigenvalue weighted by molar-refractivity contribution is -0.172. The maximum atomic E-state index is 14.9. The molecule has 3 heterocycles. The van der Waals surface area contributed by atoms with Crippen molar-refractivity contribution in [2.75, 3.05) is 57.5 Å². The minimum Gasteiger partial charge on any atom is -0.491 e. The number of benzene rings is 2. The Morgan fingerprint density at radius 2 is 1.79 bits per heavy atom. The molecule has 0 N–H and O–H groups in total. The van der Waals surface area contributed by atoms with Crippen molar-refractivity contribution in [2.24, 2.45) is 0 Å². The van der Waals surface area contributed by atoms with Gasteiger partial charge in [0.05, 0.1) is 19.3 Å². The fraction of sp³-hybridized carbons (Fsp3) is 0.600. The lowest BCUT2D eigenvalue weighted by Crippen LogP contribution is -2.48. The van der Waals surface area contributed by atoms with Crippen LogP contribution in [0.3, 0.4) is 0 Å². The lowest BCUT2D eigenvalue weighted by Gasteiger charge is -2.38. The van der Waals surface area contributed by atoms with Gasteiger partial charge in [0.15, 0.2) is 6.29 Å². The van der Waals surface area contributed by atoms with Crippen molar-refractivity contribution in [3.63, 3.8) is 0 Å². The quantitative estimate of drug-likeness (QED) is 0.447. The molecule has 0 aliphatic carbocycles. The molecule has 3 aliphatic heterocycles. The molecular weight excluding hydrogens is 490 g/mol. The van der Waals surface area contributed by atoms with Crippen LogP contribution in [-0.4, -0.2) is 75.9 Å². The zero-order chi connectivity index (χ0) is 26.5. The fourth-order valence-electron chi connectivity index (χ4n) is 5.76. The van der Waals surface area contributed by atoms with Crippen LogP contribution in [0.25, 0.3) is 0 Å². The SMILES string of the molecule is CC(C)N1CCN(c2ccc(OC[C@@H]3C[C@](COC4CCCCO4)(c4ccc(F)cc4F)CO3)cc2)CC1. The number of halogens is 2. The normalized spacial score (nSPS) is 26.7. The molecule has 0 radical (unpaired) electrons. The van der Waals surface area contributed by atoms with E-state index in [-0.39, 0.29) is 25.6 Å². The first kappa shape index (κ1) is 27.3. The molecule has 3 fully saturated rings. The van der Waals surface area contributed by atoms with Crippen LogP contribution in [0, 0.1) is 11.6 Å². The number of hydrogen-bond donors (Lipinski definition) is 0. The molecule has 0 amide bonds. The van der Waals surface area contributed by atoms with E-state index in [1.165, 1.54) is 17.8 Å². The highest BCUT2D eigenvalue weighted by molar-refractivity contribution is 5.49. The smallest absolute Gasteiger partial charge is 0.157 e. The standard InChI is InChI=1S/C30H40F2N2O4/c1-22(2)33-12-14-34(15-13-33)24-7-9-25(10-8-24)36-19-26-18-30(20-37-26,21-38-29-5-3-4-16-35-29)27-11-6-23(31)17-28(27)32/h6-11,17,22,26,29H,3-5,12-16,18-21H2,1-2H3/t26-,29?,30-/m0/s1. The summed E-state index contributed by atoms with van der Waals surface area (Å²) in [5.74, 6) is -0.398. The number of hydrogen-bond acceptors (Lipinski definition) is 6. The highest BCUT2D eigenvalue weighted by Crippen LogP contribution is 2.39. The van der Waals surface area contributed by atoms with Crippen molar-refractivity contribution >= 4 is 5.69 Å². The molecule has 3 aliphatic rings. The van der Waals surface area contributed by atoms with Crippen molar-refractivity contribution in [1.29, 1.82) is 0 Å². The molecule has 3 atom stereocenters. The van der Waals surface area contributed by atoms with Crippen molar-refractivity contribution in [3.8, 4) is 5.75 Å². The molecule has 5 rings (SSSR count). The number of anilines is 1. The summed E-state index contributed by atoms with van der Waals surface area (Å²) in [7, 11) is 0. The van der Waals surface area contributed by atoms with Crippen molar-refractivity contribution in [3.05, 3.63) is 59.7 Å². The maximum Gasteiger partial charge on any atom is 0.157 e. The van der Waals surface area contributed by atoms with Gasteiger partial charge in [-0.15, -0.1) is 0 Å². The van der Waals surface area contributed by atoms with Crippen molar-refractivity contribution in [2.45, 2.75) is 63.4 Å². The van der Waals surface area contributed by atoms with E-state index in [0.29, 0.717) is 31.2 Å². The van der Waals surface area contributed by atoms with Crippen LogP contribution < -0.4 is 9.64 Å². The third-order valence-corrected chi connectivity index (χ3v) is 8.08. The number of rotatable bonds is 9. The van der Waals surface area contributed by atoms with Crippen LogP contribution in [0.2, 0.25) is 0 Å². The predicted octanol–water partition coefficient (Wildman–Crippen LogP) is 5.14. The van der Waals surface area contributed by atoms with E-state index >= 15 is 0 Å². The Hall–Kier alpha value is -2.26. The second-order valence-corrected chi connectivity index (χ2v) is 11.1. The molecule has 2 aromatic carbocycles. The van der Waals surface area contributed by atoms with E-state index in [1.807, 2.05) is 12.1 Å². The summed E-state index contributed by atoms with van der Waals surface area (Å²) in [6.45, 7) is 10.2. The average Bonchev–Trinajstić information content (AvgIpc) is 3.36. The highest BCUT2D eigenvalue weighted by Gasteiger charge is 2.44. The third-order valence-electron chi connectivity index (χ3n) is 8.08. The van der Waals surface area contributed by atoms with Gasteiger partial charge in [0, 0.05) is 56.0 Å². The first-order valence-corrected chi connectivity index (χ1v) is 13.9. The van der Waals surface area contributed by atoms with Gasteiger partial charge in [-0.2, -0.15) is 0 Å². The molecule has 208 valence electrons. The topological polar surface area (TPSA) is 43.4 Å². The van der Waals surface area contributed by atoms with E-state index in [9.17, 15) is 8.78 Å². The van der Waals surface area contributed by atoms with Gasteiger partial charge in [-0.1, -0.05) is 6.07 Å². The largest absolute Gasteiger partial charge is 0.491 e. The maximum absolute atomic E-state index is 14.9. The average molecular weight is 531 g/mol. The van der Waals surface area contributed by atoms with Crippen LogP contribution >= 0.6 is 0 Å². The molecule has 8 heteroatoms. The molecule has 6 nitrogen and oxygen atoms in total. The summed E-state index contributed by atoms with van der Waals surface area (Å²) in [6, 6.07) is 12.5.